The molecule has 0 spiro atoms. The molecule has 2 aromatic heterocycles. The monoisotopic (exact) mass is 340 g/mol. The highest BCUT2D eigenvalue weighted by atomic mass is 15.3. The van der Waals surface area contributed by atoms with Gasteiger partial charge in [0.1, 0.15) is 0 Å². The van der Waals surface area contributed by atoms with Gasteiger partial charge in [0.15, 0.2) is 0 Å². The van der Waals surface area contributed by atoms with E-state index in [2.05, 4.69) is 68.1 Å². The zero-order chi connectivity index (χ0) is 17.3. The van der Waals surface area contributed by atoms with Gasteiger partial charge in [-0.2, -0.15) is 10.2 Å². The van der Waals surface area contributed by atoms with Crippen LogP contribution in [0.3, 0.4) is 0 Å². The number of para-hydroxylation sites is 2. The molecule has 0 aliphatic heterocycles. The fraction of sp³-hybridized carbons (Fsp3) is 0.182. The van der Waals surface area contributed by atoms with Gasteiger partial charge in [0.2, 0.25) is 0 Å². The Hall–Kier alpha value is -3.14. The highest BCUT2D eigenvalue weighted by molar-refractivity contribution is 5.39. The summed E-state index contributed by atoms with van der Waals surface area (Å²) < 4.78 is 4.20. The summed E-state index contributed by atoms with van der Waals surface area (Å²) in [6.45, 7) is 0. The molecule has 5 rings (SSSR count). The van der Waals surface area contributed by atoms with Crippen molar-refractivity contribution in [3.05, 3.63) is 95.6 Å². The van der Waals surface area contributed by atoms with Crippen molar-refractivity contribution in [2.45, 2.75) is 25.7 Å². The molecule has 1 aliphatic carbocycles. The molecule has 0 radical (unpaired) electrons. The second-order valence-corrected chi connectivity index (χ2v) is 6.73. The van der Waals surface area contributed by atoms with Crippen LogP contribution in [0.4, 0.5) is 0 Å². The summed E-state index contributed by atoms with van der Waals surface area (Å²) >= 11 is 0. The van der Waals surface area contributed by atoms with Gasteiger partial charge in [0.05, 0.1) is 23.8 Å². The lowest BCUT2D eigenvalue weighted by molar-refractivity contribution is 0.734. The molecule has 2 heterocycles. The lowest BCUT2D eigenvalue weighted by Gasteiger charge is -2.15. The van der Waals surface area contributed by atoms with Gasteiger partial charge in [-0.25, -0.2) is 9.36 Å². The average molecular weight is 340 g/mol. The first-order chi connectivity index (χ1) is 12.9. The maximum atomic E-state index is 4.67. The van der Waals surface area contributed by atoms with Gasteiger partial charge in [-0.15, -0.1) is 0 Å². The Morgan fingerprint density at radius 3 is 1.38 bits per heavy atom. The van der Waals surface area contributed by atoms with E-state index in [4.69, 9.17) is 0 Å². The first kappa shape index (κ1) is 15.1. The van der Waals surface area contributed by atoms with Crippen molar-refractivity contribution in [1.82, 2.24) is 19.6 Å². The Bertz CT molecular complexity index is 943. The van der Waals surface area contributed by atoms with E-state index in [-0.39, 0.29) is 0 Å². The molecule has 2 aromatic carbocycles. The van der Waals surface area contributed by atoms with E-state index in [0.29, 0.717) is 0 Å². The Morgan fingerprint density at radius 1 is 0.538 bits per heavy atom. The summed E-state index contributed by atoms with van der Waals surface area (Å²) in [4.78, 5) is 0. The summed E-state index contributed by atoms with van der Waals surface area (Å²) in [6.07, 6.45) is 8.03. The lowest BCUT2D eigenvalue weighted by Crippen LogP contribution is -2.11. The number of aryl methyl sites for hydroxylation is 2. The number of fused-ring (bicyclic) bond motifs is 2. The predicted octanol–water partition coefficient (Wildman–Crippen LogP) is 3.94. The minimum absolute atomic E-state index is 0.984. The number of aromatic nitrogens is 4. The van der Waals surface area contributed by atoms with E-state index in [1.54, 1.807) is 0 Å². The van der Waals surface area contributed by atoms with Gasteiger partial charge in [-0.1, -0.05) is 36.4 Å². The molecule has 4 heteroatoms. The summed E-state index contributed by atoms with van der Waals surface area (Å²) in [5, 5.41) is 9.35. The fourth-order valence-corrected chi connectivity index (χ4v) is 3.86. The quantitative estimate of drug-likeness (QED) is 0.554. The first-order valence-electron chi connectivity index (χ1n) is 9.12. The van der Waals surface area contributed by atoms with Crippen molar-refractivity contribution >= 4 is 0 Å². The third-order valence-corrected chi connectivity index (χ3v) is 5.17. The zero-order valence-corrected chi connectivity index (χ0v) is 14.5. The number of rotatable bonds is 2. The predicted molar refractivity (Wildman–Crippen MR) is 102 cm³/mol. The van der Waals surface area contributed by atoms with Crippen LogP contribution in [0.1, 0.15) is 22.5 Å². The van der Waals surface area contributed by atoms with Crippen molar-refractivity contribution in [1.29, 1.82) is 0 Å². The molecule has 0 N–H and O–H groups in total. The van der Waals surface area contributed by atoms with Crippen molar-refractivity contribution in [3.63, 3.8) is 0 Å². The normalized spacial score (nSPS) is 13.5. The average Bonchev–Trinajstić information content (AvgIpc) is 3.27. The summed E-state index contributed by atoms with van der Waals surface area (Å²) in [5.74, 6) is 0. The van der Waals surface area contributed by atoms with Gasteiger partial charge >= 0.3 is 0 Å². The first-order valence-corrected chi connectivity index (χ1v) is 9.12. The number of hydrogen-bond donors (Lipinski definition) is 0. The number of benzene rings is 2. The number of hydrogen-bond acceptors (Lipinski definition) is 2. The third kappa shape index (κ3) is 2.54. The minimum atomic E-state index is 0.984. The maximum Gasteiger partial charge on any atom is 0.0648 e. The minimum Gasteiger partial charge on any atom is -0.238 e. The molecular weight excluding hydrogens is 320 g/mol. The largest absolute Gasteiger partial charge is 0.238 e. The van der Waals surface area contributed by atoms with Crippen LogP contribution in [0.5, 0.6) is 0 Å². The third-order valence-electron chi connectivity index (χ3n) is 5.17. The Balaban J connectivity index is 1.50. The lowest BCUT2D eigenvalue weighted by atomic mass is 9.97. The van der Waals surface area contributed by atoms with E-state index in [1.807, 2.05) is 24.5 Å². The van der Waals surface area contributed by atoms with Crippen LogP contribution >= 0.6 is 0 Å². The van der Waals surface area contributed by atoms with Gasteiger partial charge in [0.25, 0.3) is 0 Å². The molecule has 1 aliphatic rings. The van der Waals surface area contributed by atoms with Gasteiger partial charge in [-0.05, 0) is 61.1 Å². The van der Waals surface area contributed by atoms with E-state index in [9.17, 15) is 0 Å². The highest BCUT2D eigenvalue weighted by Crippen LogP contribution is 2.25. The van der Waals surface area contributed by atoms with Gasteiger partial charge in [0, 0.05) is 11.4 Å². The molecule has 26 heavy (non-hydrogen) atoms. The van der Waals surface area contributed by atoms with Gasteiger partial charge < -0.3 is 0 Å². The zero-order valence-electron chi connectivity index (χ0n) is 14.5. The van der Waals surface area contributed by atoms with Crippen LogP contribution < -0.4 is 0 Å². The van der Waals surface area contributed by atoms with Crippen molar-refractivity contribution in [2.75, 3.05) is 0 Å². The van der Waals surface area contributed by atoms with E-state index in [0.717, 1.165) is 37.1 Å². The Labute approximate surface area is 152 Å². The van der Waals surface area contributed by atoms with Gasteiger partial charge in [-0.3, -0.25) is 0 Å². The molecule has 0 bridgehead atoms. The van der Waals surface area contributed by atoms with E-state index >= 15 is 0 Å². The second kappa shape index (κ2) is 6.30. The van der Waals surface area contributed by atoms with Crippen LogP contribution in [0.2, 0.25) is 0 Å². The molecule has 4 aromatic rings. The summed E-state index contributed by atoms with van der Waals surface area (Å²) in [7, 11) is 0. The summed E-state index contributed by atoms with van der Waals surface area (Å²) in [6, 6.07) is 20.8. The second-order valence-electron chi connectivity index (χ2n) is 6.73. The van der Waals surface area contributed by atoms with Crippen LogP contribution in [0.25, 0.3) is 11.4 Å². The molecule has 0 saturated heterocycles. The van der Waals surface area contributed by atoms with Crippen molar-refractivity contribution in [2.24, 2.45) is 0 Å². The maximum absolute atomic E-state index is 4.67. The van der Waals surface area contributed by atoms with Crippen LogP contribution in [-0.2, 0) is 25.7 Å². The highest BCUT2D eigenvalue weighted by Gasteiger charge is 2.20. The van der Waals surface area contributed by atoms with Crippen molar-refractivity contribution < 1.29 is 0 Å². The molecule has 0 unspecified atom stereocenters. The number of nitrogens with zero attached hydrogens (tertiary/aromatic N) is 4. The van der Waals surface area contributed by atoms with Crippen LogP contribution in [0, 0.1) is 0 Å². The van der Waals surface area contributed by atoms with Crippen LogP contribution in [0.15, 0.2) is 73.1 Å². The Morgan fingerprint density at radius 2 is 0.962 bits per heavy atom. The molecule has 0 atom stereocenters. The molecule has 0 saturated carbocycles. The molecule has 0 fully saturated rings. The molecule has 4 nitrogen and oxygen atoms in total. The van der Waals surface area contributed by atoms with Crippen molar-refractivity contribution in [3.8, 4) is 11.4 Å². The summed E-state index contributed by atoms with van der Waals surface area (Å²) in [5.41, 5.74) is 7.62. The molecular formula is C22H20N4. The fourth-order valence-electron chi connectivity index (χ4n) is 3.86. The SMILES string of the molecule is c1ccc(-n2ncc3c2CCc2cnn(-c4ccccc4)c2CC3)cc1. The standard InChI is InChI=1S/C22H20N4/c1-3-7-19(8-4-1)25-21-13-11-18-16-24-26(20-9-5-2-6-10-20)22(18)14-12-17(21)15-23-25/h1-10,15-16H,11-14H2. The van der Waals surface area contributed by atoms with E-state index in [1.165, 1.54) is 22.5 Å². The smallest absolute Gasteiger partial charge is 0.0648 e. The topological polar surface area (TPSA) is 35.6 Å². The molecule has 0 amide bonds. The van der Waals surface area contributed by atoms with E-state index < -0.39 is 0 Å². The van der Waals surface area contributed by atoms with Crippen LogP contribution in [-0.4, -0.2) is 19.6 Å². The Kier molecular flexibility index (Phi) is 3.67. The molecule has 128 valence electrons.